The molecule has 2 fully saturated rings. The van der Waals surface area contributed by atoms with E-state index >= 15 is 0 Å². The number of aromatic nitrogens is 2. The van der Waals surface area contributed by atoms with Crippen LogP contribution >= 0.6 is 0 Å². The lowest BCUT2D eigenvalue weighted by atomic mass is 10.1. The molecule has 3 heterocycles. The first-order chi connectivity index (χ1) is 14.1. The van der Waals surface area contributed by atoms with E-state index in [1.165, 1.54) is 0 Å². The van der Waals surface area contributed by atoms with Gasteiger partial charge in [-0.05, 0) is 38.8 Å². The van der Waals surface area contributed by atoms with E-state index in [4.69, 9.17) is 24.2 Å². The summed E-state index contributed by atoms with van der Waals surface area (Å²) in [5, 5.41) is 0. The first-order valence-electron chi connectivity index (χ1n) is 10.7. The quantitative estimate of drug-likeness (QED) is 0.691. The molecule has 0 spiro atoms. The van der Waals surface area contributed by atoms with Gasteiger partial charge in [0.1, 0.15) is 0 Å². The molecule has 0 saturated carbocycles. The van der Waals surface area contributed by atoms with E-state index in [0.717, 1.165) is 61.7 Å². The second kappa shape index (κ2) is 9.24. The Hall–Kier alpha value is -1.96. The third-order valence-corrected chi connectivity index (χ3v) is 5.64. The number of hydrogen-bond acceptors (Lipinski definition) is 7. The number of nitrogens with zero attached hydrogens (tertiary/aromatic N) is 4. The molecule has 2 saturated heterocycles. The van der Waals surface area contributed by atoms with Crippen LogP contribution < -0.4 is 9.80 Å². The fourth-order valence-corrected chi connectivity index (χ4v) is 4.29. The third-order valence-electron chi connectivity index (χ3n) is 5.64. The highest BCUT2D eigenvalue weighted by atomic mass is 16.5. The minimum atomic E-state index is 0.180. The summed E-state index contributed by atoms with van der Waals surface area (Å²) in [7, 11) is 1.71. The first-order valence-corrected chi connectivity index (χ1v) is 10.7. The van der Waals surface area contributed by atoms with Crippen LogP contribution in [0.3, 0.4) is 0 Å². The van der Waals surface area contributed by atoms with Crippen LogP contribution in [-0.4, -0.2) is 74.8 Å². The van der Waals surface area contributed by atoms with E-state index in [0.29, 0.717) is 19.3 Å². The topological polar surface area (TPSA) is 60.0 Å². The monoisotopic (exact) mass is 400 g/mol. The van der Waals surface area contributed by atoms with E-state index in [1.807, 2.05) is 24.3 Å². The lowest BCUT2D eigenvalue weighted by Gasteiger charge is -2.39. The number of hydrogen-bond donors (Lipinski definition) is 0. The van der Waals surface area contributed by atoms with Crippen molar-refractivity contribution in [3.05, 3.63) is 24.3 Å². The van der Waals surface area contributed by atoms with Gasteiger partial charge >= 0.3 is 0 Å². The van der Waals surface area contributed by atoms with Gasteiger partial charge in [-0.3, -0.25) is 0 Å². The van der Waals surface area contributed by atoms with Gasteiger partial charge in [0.05, 0.1) is 42.6 Å². The predicted molar refractivity (Wildman–Crippen MR) is 115 cm³/mol. The zero-order chi connectivity index (χ0) is 20.2. The Balaban J connectivity index is 1.58. The number of anilines is 2. The summed E-state index contributed by atoms with van der Waals surface area (Å²) in [6.45, 7) is 9.07. The Morgan fingerprint density at radius 2 is 1.52 bits per heavy atom. The van der Waals surface area contributed by atoms with E-state index in [-0.39, 0.29) is 12.2 Å². The minimum Gasteiger partial charge on any atom is -0.382 e. The standard InChI is InChI=1S/C22H32N4O3/c1-16-14-26(15-17(2)29-16)22-21(23-19-6-4-5-7-20(19)24-22)25-10-8-18(9-11-25)28-13-12-27-3/h4-7,16-18H,8-15H2,1-3H3. The molecule has 2 atom stereocenters. The number of benzene rings is 1. The van der Waals surface area contributed by atoms with Gasteiger partial charge in [0.25, 0.3) is 0 Å². The molecule has 2 aliphatic rings. The average Bonchev–Trinajstić information content (AvgIpc) is 2.73. The number of rotatable bonds is 6. The largest absolute Gasteiger partial charge is 0.382 e. The summed E-state index contributed by atoms with van der Waals surface area (Å²) in [4.78, 5) is 14.8. The van der Waals surface area contributed by atoms with Crippen molar-refractivity contribution >= 4 is 22.7 Å². The normalized spacial score (nSPS) is 23.7. The smallest absolute Gasteiger partial charge is 0.172 e. The molecule has 1 aromatic heterocycles. The molecule has 0 bridgehead atoms. The van der Waals surface area contributed by atoms with Crippen LogP contribution in [0.15, 0.2) is 24.3 Å². The molecule has 7 nitrogen and oxygen atoms in total. The van der Waals surface area contributed by atoms with Gasteiger partial charge in [0, 0.05) is 33.3 Å². The summed E-state index contributed by atoms with van der Waals surface area (Å²) in [6, 6.07) is 8.13. The summed E-state index contributed by atoms with van der Waals surface area (Å²) in [5.41, 5.74) is 1.88. The molecule has 2 aliphatic heterocycles. The Morgan fingerprint density at radius 1 is 0.931 bits per heavy atom. The number of ether oxygens (including phenoxy) is 3. The van der Waals surface area contributed by atoms with Gasteiger partial charge in [-0.1, -0.05) is 12.1 Å². The van der Waals surface area contributed by atoms with Crippen molar-refractivity contribution in [1.29, 1.82) is 0 Å². The van der Waals surface area contributed by atoms with Crippen molar-refractivity contribution in [2.45, 2.75) is 45.0 Å². The SMILES string of the molecule is COCCOC1CCN(c2nc3ccccc3nc2N2CC(C)OC(C)C2)CC1. The van der Waals surface area contributed by atoms with Crippen LogP contribution in [0.1, 0.15) is 26.7 Å². The molecule has 0 N–H and O–H groups in total. The van der Waals surface area contributed by atoms with Crippen LogP contribution in [0, 0.1) is 0 Å². The predicted octanol–water partition coefficient (Wildman–Crippen LogP) is 2.88. The maximum absolute atomic E-state index is 5.94. The van der Waals surface area contributed by atoms with Gasteiger partial charge < -0.3 is 24.0 Å². The lowest BCUT2D eigenvalue weighted by molar-refractivity contribution is -0.00546. The van der Waals surface area contributed by atoms with Crippen LogP contribution in [0.5, 0.6) is 0 Å². The average molecular weight is 401 g/mol. The molecule has 158 valence electrons. The summed E-state index contributed by atoms with van der Waals surface area (Å²) >= 11 is 0. The second-order valence-corrected chi connectivity index (χ2v) is 8.07. The maximum Gasteiger partial charge on any atom is 0.172 e. The van der Waals surface area contributed by atoms with E-state index in [9.17, 15) is 0 Å². The fraction of sp³-hybridized carbons (Fsp3) is 0.636. The van der Waals surface area contributed by atoms with Gasteiger partial charge in [0.2, 0.25) is 0 Å². The number of morpholine rings is 1. The van der Waals surface area contributed by atoms with E-state index in [2.05, 4.69) is 23.6 Å². The van der Waals surface area contributed by atoms with Crippen LogP contribution in [0.25, 0.3) is 11.0 Å². The molecule has 0 radical (unpaired) electrons. The highest BCUT2D eigenvalue weighted by Gasteiger charge is 2.29. The molecular weight excluding hydrogens is 368 g/mol. The zero-order valence-electron chi connectivity index (χ0n) is 17.7. The summed E-state index contributed by atoms with van der Waals surface area (Å²) in [5.74, 6) is 1.96. The third kappa shape index (κ3) is 4.79. The molecule has 7 heteroatoms. The minimum absolute atomic E-state index is 0.180. The van der Waals surface area contributed by atoms with Gasteiger partial charge in [-0.15, -0.1) is 0 Å². The van der Waals surface area contributed by atoms with Crippen molar-refractivity contribution in [2.24, 2.45) is 0 Å². The van der Waals surface area contributed by atoms with Crippen molar-refractivity contribution in [1.82, 2.24) is 9.97 Å². The number of methoxy groups -OCH3 is 1. The van der Waals surface area contributed by atoms with Crippen LogP contribution in [-0.2, 0) is 14.2 Å². The number of para-hydroxylation sites is 2. The van der Waals surface area contributed by atoms with Gasteiger partial charge in [-0.2, -0.15) is 0 Å². The van der Waals surface area contributed by atoms with Crippen molar-refractivity contribution in [2.75, 3.05) is 56.3 Å². The molecule has 0 aliphatic carbocycles. The van der Waals surface area contributed by atoms with Crippen molar-refractivity contribution in [3.8, 4) is 0 Å². The van der Waals surface area contributed by atoms with E-state index < -0.39 is 0 Å². The lowest BCUT2D eigenvalue weighted by Crippen LogP contribution is -2.47. The Morgan fingerprint density at radius 3 is 2.10 bits per heavy atom. The molecule has 0 amide bonds. The van der Waals surface area contributed by atoms with Gasteiger partial charge in [0.15, 0.2) is 11.6 Å². The molecule has 29 heavy (non-hydrogen) atoms. The van der Waals surface area contributed by atoms with Crippen LogP contribution in [0.4, 0.5) is 11.6 Å². The fourth-order valence-electron chi connectivity index (χ4n) is 4.29. The van der Waals surface area contributed by atoms with Crippen molar-refractivity contribution in [3.63, 3.8) is 0 Å². The summed E-state index contributed by atoms with van der Waals surface area (Å²) < 4.78 is 17.0. The second-order valence-electron chi connectivity index (χ2n) is 8.07. The Labute approximate surface area is 173 Å². The summed E-state index contributed by atoms with van der Waals surface area (Å²) in [6.07, 6.45) is 2.64. The first kappa shape index (κ1) is 20.3. The Bertz CT molecular complexity index is 800. The molecule has 2 unspecified atom stereocenters. The Kier molecular flexibility index (Phi) is 6.47. The molecule has 4 rings (SSSR count). The zero-order valence-corrected chi connectivity index (χ0v) is 17.7. The highest BCUT2D eigenvalue weighted by molar-refractivity contribution is 5.81. The number of piperidine rings is 1. The number of fused-ring (bicyclic) bond motifs is 1. The highest BCUT2D eigenvalue weighted by Crippen LogP contribution is 2.32. The van der Waals surface area contributed by atoms with E-state index in [1.54, 1.807) is 7.11 Å². The molecule has 1 aromatic carbocycles. The van der Waals surface area contributed by atoms with Gasteiger partial charge in [-0.25, -0.2) is 9.97 Å². The van der Waals surface area contributed by atoms with Crippen molar-refractivity contribution < 1.29 is 14.2 Å². The molecular formula is C22H32N4O3. The molecule has 2 aromatic rings. The van der Waals surface area contributed by atoms with Crippen LogP contribution in [0.2, 0.25) is 0 Å². The maximum atomic E-state index is 5.94.